The van der Waals surface area contributed by atoms with Crippen LogP contribution in [0.1, 0.15) is 42.6 Å². The number of benzene rings is 2. The highest BCUT2D eigenvalue weighted by molar-refractivity contribution is 7.92. The lowest BCUT2D eigenvalue weighted by atomic mass is 10.1. The topological polar surface area (TPSA) is 116 Å². The van der Waals surface area contributed by atoms with E-state index in [1.165, 1.54) is 50.4 Å². The Morgan fingerprint density at radius 1 is 1.21 bits per heavy atom. The average molecular weight is 420 g/mol. The third-order valence-corrected chi connectivity index (χ3v) is 7.30. The minimum Gasteiger partial charge on any atom is -0.495 e. The van der Waals surface area contributed by atoms with E-state index < -0.39 is 25.9 Å². The number of amides is 1. The molecule has 0 spiro atoms. The SMILES string of the molecule is CCC(CC)S(=O)(=O)c1ccc(OC)c(NC(=O)c2cccc([N+](=O)[O-])c2C)c1. The zero-order chi connectivity index (χ0) is 21.8. The molecule has 0 bridgehead atoms. The van der Waals surface area contributed by atoms with Crippen LogP contribution in [-0.2, 0) is 9.84 Å². The van der Waals surface area contributed by atoms with Crippen molar-refractivity contribution in [2.75, 3.05) is 12.4 Å². The predicted molar refractivity (Wildman–Crippen MR) is 110 cm³/mol. The number of nitro benzene ring substituents is 1. The highest BCUT2D eigenvalue weighted by Crippen LogP contribution is 2.31. The Balaban J connectivity index is 2.46. The van der Waals surface area contributed by atoms with E-state index in [-0.39, 0.29) is 33.1 Å². The molecule has 0 heterocycles. The summed E-state index contributed by atoms with van der Waals surface area (Å²) in [4.78, 5) is 23.4. The number of hydrogen-bond acceptors (Lipinski definition) is 6. The third-order valence-electron chi connectivity index (χ3n) is 4.84. The summed E-state index contributed by atoms with van der Waals surface area (Å²) in [5, 5.41) is 13.2. The Morgan fingerprint density at radius 2 is 1.86 bits per heavy atom. The van der Waals surface area contributed by atoms with Crippen molar-refractivity contribution >= 4 is 27.1 Å². The lowest BCUT2D eigenvalue weighted by molar-refractivity contribution is -0.385. The fourth-order valence-corrected chi connectivity index (χ4v) is 4.94. The molecule has 0 unspecified atom stereocenters. The number of nitrogens with one attached hydrogen (secondary N) is 1. The molecule has 0 aromatic heterocycles. The second-order valence-corrected chi connectivity index (χ2v) is 8.73. The molecule has 156 valence electrons. The van der Waals surface area contributed by atoms with Gasteiger partial charge in [0.1, 0.15) is 5.75 Å². The second kappa shape index (κ2) is 9.04. The van der Waals surface area contributed by atoms with E-state index in [4.69, 9.17) is 4.74 Å². The van der Waals surface area contributed by atoms with E-state index in [9.17, 15) is 23.3 Å². The van der Waals surface area contributed by atoms with Crippen molar-refractivity contribution in [3.05, 3.63) is 57.6 Å². The van der Waals surface area contributed by atoms with E-state index in [1.807, 2.05) is 13.8 Å². The van der Waals surface area contributed by atoms with Gasteiger partial charge in [0.2, 0.25) is 0 Å². The summed E-state index contributed by atoms with van der Waals surface area (Å²) in [6, 6.07) is 8.48. The average Bonchev–Trinajstić information content (AvgIpc) is 2.68. The number of anilines is 1. The summed E-state index contributed by atoms with van der Waals surface area (Å²) >= 11 is 0. The van der Waals surface area contributed by atoms with Gasteiger partial charge in [-0.2, -0.15) is 0 Å². The van der Waals surface area contributed by atoms with Crippen LogP contribution in [-0.4, -0.2) is 31.6 Å². The normalized spacial score (nSPS) is 11.3. The molecule has 1 N–H and O–H groups in total. The molecule has 0 fully saturated rings. The van der Waals surface area contributed by atoms with Crippen molar-refractivity contribution in [2.24, 2.45) is 0 Å². The van der Waals surface area contributed by atoms with E-state index in [2.05, 4.69) is 5.32 Å². The van der Waals surface area contributed by atoms with Crippen molar-refractivity contribution < 1.29 is 22.9 Å². The summed E-state index contributed by atoms with van der Waals surface area (Å²) in [6.07, 6.45) is 0.943. The van der Waals surface area contributed by atoms with Crippen LogP contribution in [0.5, 0.6) is 5.75 Å². The second-order valence-electron chi connectivity index (χ2n) is 6.51. The van der Waals surface area contributed by atoms with Crippen LogP contribution in [0, 0.1) is 17.0 Å². The van der Waals surface area contributed by atoms with Gasteiger partial charge in [-0.25, -0.2) is 8.42 Å². The van der Waals surface area contributed by atoms with Crippen LogP contribution in [0.4, 0.5) is 11.4 Å². The van der Waals surface area contributed by atoms with E-state index >= 15 is 0 Å². The maximum atomic E-state index is 12.8. The number of sulfone groups is 1. The van der Waals surface area contributed by atoms with Crippen molar-refractivity contribution in [1.82, 2.24) is 0 Å². The number of methoxy groups -OCH3 is 1. The molecule has 0 saturated heterocycles. The van der Waals surface area contributed by atoms with E-state index in [1.54, 1.807) is 0 Å². The van der Waals surface area contributed by atoms with Crippen LogP contribution < -0.4 is 10.1 Å². The number of carbonyl (C=O) groups is 1. The monoisotopic (exact) mass is 420 g/mol. The van der Waals surface area contributed by atoms with Gasteiger partial charge in [0, 0.05) is 17.2 Å². The molecule has 0 radical (unpaired) electrons. The van der Waals surface area contributed by atoms with E-state index in [0.29, 0.717) is 12.8 Å². The molecule has 0 aliphatic heterocycles. The first kappa shape index (κ1) is 22.4. The fraction of sp³-hybridized carbons (Fsp3) is 0.350. The molecule has 29 heavy (non-hydrogen) atoms. The van der Waals surface area contributed by atoms with Gasteiger partial charge in [0.05, 0.1) is 27.9 Å². The van der Waals surface area contributed by atoms with Gasteiger partial charge >= 0.3 is 0 Å². The number of ether oxygens (including phenoxy) is 1. The molecule has 9 heteroatoms. The Labute approximate surface area is 170 Å². The Kier molecular flexibility index (Phi) is 6.97. The smallest absolute Gasteiger partial charge is 0.273 e. The summed E-state index contributed by atoms with van der Waals surface area (Å²) in [5.41, 5.74) is 0.342. The first-order valence-corrected chi connectivity index (χ1v) is 10.7. The van der Waals surface area contributed by atoms with Crippen molar-refractivity contribution in [3.63, 3.8) is 0 Å². The lowest BCUT2D eigenvalue weighted by Gasteiger charge is -2.17. The predicted octanol–water partition coefficient (Wildman–Crippen LogP) is 4.13. The highest BCUT2D eigenvalue weighted by atomic mass is 32.2. The molecule has 8 nitrogen and oxygen atoms in total. The van der Waals surface area contributed by atoms with Crippen LogP contribution in [0.15, 0.2) is 41.3 Å². The highest BCUT2D eigenvalue weighted by Gasteiger charge is 2.26. The van der Waals surface area contributed by atoms with Crippen LogP contribution in [0.3, 0.4) is 0 Å². The number of hydrogen-bond donors (Lipinski definition) is 1. The maximum Gasteiger partial charge on any atom is 0.273 e. The summed E-state index contributed by atoms with van der Waals surface area (Å²) in [5.74, 6) is -0.313. The number of nitrogens with zero attached hydrogens (tertiary/aromatic N) is 1. The zero-order valence-corrected chi connectivity index (χ0v) is 17.6. The number of nitro groups is 1. The minimum atomic E-state index is -3.57. The minimum absolute atomic E-state index is 0.0815. The van der Waals surface area contributed by atoms with Gasteiger partial charge in [0.15, 0.2) is 9.84 Å². The van der Waals surface area contributed by atoms with Crippen molar-refractivity contribution in [3.8, 4) is 5.75 Å². The molecular formula is C20H24N2O6S. The maximum absolute atomic E-state index is 12.8. The molecule has 0 saturated carbocycles. The third kappa shape index (κ3) is 4.56. The Bertz CT molecular complexity index is 1030. The van der Waals surface area contributed by atoms with Gasteiger partial charge < -0.3 is 10.1 Å². The Hall–Kier alpha value is -2.94. The summed E-state index contributed by atoms with van der Waals surface area (Å²) in [7, 11) is -2.17. The van der Waals surface area contributed by atoms with Crippen molar-refractivity contribution in [1.29, 1.82) is 0 Å². The Morgan fingerprint density at radius 3 is 2.41 bits per heavy atom. The van der Waals surface area contributed by atoms with Gasteiger partial charge in [-0.1, -0.05) is 19.9 Å². The molecule has 2 aromatic rings. The van der Waals surface area contributed by atoms with Crippen LogP contribution in [0.2, 0.25) is 0 Å². The fourth-order valence-electron chi connectivity index (χ4n) is 3.14. The van der Waals surface area contributed by atoms with E-state index in [0.717, 1.165) is 0 Å². The molecule has 2 aromatic carbocycles. The number of rotatable bonds is 8. The molecule has 0 atom stereocenters. The quantitative estimate of drug-likeness (QED) is 0.507. The molecular weight excluding hydrogens is 396 g/mol. The first-order chi connectivity index (χ1) is 13.7. The largest absolute Gasteiger partial charge is 0.495 e. The van der Waals surface area contributed by atoms with Crippen molar-refractivity contribution in [2.45, 2.75) is 43.8 Å². The van der Waals surface area contributed by atoms with Crippen LogP contribution in [0.25, 0.3) is 0 Å². The number of carbonyl (C=O) groups excluding carboxylic acids is 1. The van der Waals surface area contributed by atoms with Gasteiger partial charge in [-0.05, 0) is 44.0 Å². The van der Waals surface area contributed by atoms with Gasteiger partial charge in [-0.15, -0.1) is 0 Å². The van der Waals surface area contributed by atoms with Gasteiger partial charge in [0.25, 0.3) is 11.6 Å². The summed E-state index contributed by atoms with van der Waals surface area (Å²) < 4.78 is 30.9. The molecule has 0 aliphatic carbocycles. The van der Waals surface area contributed by atoms with Gasteiger partial charge in [-0.3, -0.25) is 14.9 Å². The molecule has 1 amide bonds. The lowest BCUT2D eigenvalue weighted by Crippen LogP contribution is -2.20. The zero-order valence-electron chi connectivity index (χ0n) is 16.8. The molecule has 2 rings (SSSR count). The van der Waals surface area contributed by atoms with Crippen LogP contribution >= 0.6 is 0 Å². The first-order valence-electron chi connectivity index (χ1n) is 9.14. The standard InChI is InChI=1S/C20H24N2O6S/c1-5-14(6-2)29(26,27)15-10-11-19(28-4)17(12-15)21-20(23)16-8-7-9-18(13(16)3)22(24)25/h7-12,14H,5-6H2,1-4H3,(H,21,23). The summed E-state index contributed by atoms with van der Waals surface area (Å²) in [6.45, 7) is 5.10. The molecule has 0 aliphatic rings.